The molecule has 2 aromatic carbocycles. The number of rotatable bonds is 5. The molecule has 0 saturated carbocycles. The van der Waals surface area contributed by atoms with Crippen LogP contribution in [-0.2, 0) is 11.3 Å². The minimum absolute atomic E-state index is 0.0150. The van der Waals surface area contributed by atoms with Gasteiger partial charge in [-0.1, -0.05) is 42.5 Å². The van der Waals surface area contributed by atoms with Crippen LogP contribution in [0.1, 0.15) is 24.0 Å². The number of hydrogen-bond acceptors (Lipinski definition) is 3. The van der Waals surface area contributed by atoms with Gasteiger partial charge in [0.15, 0.2) is 0 Å². The SMILES string of the molecule is CC(C(=O)N(C)Cc1cccc(F)c1)N1C[C@@H](N)[C@H](c2ccccc2)C1. The molecule has 3 rings (SSSR count). The zero-order valence-corrected chi connectivity index (χ0v) is 15.3. The molecular formula is C21H26FN3O. The van der Waals surface area contributed by atoms with Crippen LogP contribution in [0.3, 0.4) is 0 Å². The molecule has 1 saturated heterocycles. The number of hydrogen-bond donors (Lipinski definition) is 1. The van der Waals surface area contributed by atoms with Crippen molar-refractivity contribution in [1.82, 2.24) is 9.80 Å². The van der Waals surface area contributed by atoms with Crippen LogP contribution in [0.25, 0.3) is 0 Å². The lowest BCUT2D eigenvalue weighted by molar-refractivity contribution is -0.135. The Kier molecular flexibility index (Phi) is 5.69. The molecule has 26 heavy (non-hydrogen) atoms. The highest BCUT2D eigenvalue weighted by molar-refractivity contribution is 5.81. The Labute approximate surface area is 154 Å². The van der Waals surface area contributed by atoms with Gasteiger partial charge in [-0.3, -0.25) is 9.69 Å². The van der Waals surface area contributed by atoms with E-state index in [-0.39, 0.29) is 29.7 Å². The lowest BCUT2D eigenvalue weighted by atomic mass is 9.95. The van der Waals surface area contributed by atoms with Gasteiger partial charge < -0.3 is 10.6 Å². The lowest BCUT2D eigenvalue weighted by Gasteiger charge is -2.28. The first-order valence-electron chi connectivity index (χ1n) is 8.99. The van der Waals surface area contributed by atoms with Gasteiger partial charge in [0.05, 0.1) is 6.04 Å². The van der Waals surface area contributed by atoms with Gasteiger partial charge in [-0.05, 0) is 30.2 Å². The van der Waals surface area contributed by atoms with Crippen LogP contribution in [0.2, 0.25) is 0 Å². The highest BCUT2D eigenvalue weighted by Gasteiger charge is 2.36. The molecule has 1 aliphatic rings. The van der Waals surface area contributed by atoms with Crippen molar-refractivity contribution in [3.05, 3.63) is 71.5 Å². The molecule has 5 heteroatoms. The summed E-state index contributed by atoms with van der Waals surface area (Å²) in [5.41, 5.74) is 8.35. The summed E-state index contributed by atoms with van der Waals surface area (Å²) in [4.78, 5) is 16.6. The summed E-state index contributed by atoms with van der Waals surface area (Å²) in [6.07, 6.45) is 0. The second-order valence-corrected chi connectivity index (χ2v) is 7.14. The van der Waals surface area contributed by atoms with Crippen LogP contribution in [0.5, 0.6) is 0 Å². The Morgan fingerprint density at radius 2 is 1.96 bits per heavy atom. The number of carbonyl (C=O) groups is 1. The van der Waals surface area contributed by atoms with E-state index in [2.05, 4.69) is 17.0 Å². The van der Waals surface area contributed by atoms with Gasteiger partial charge in [-0.15, -0.1) is 0 Å². The first kappa shape index (κ1) is 18.5. The molecule has 1 amide bonds. The van der Waals surface area contributed by atoms with Gasteiger partial charge in [-0.2, -0.15) is 0 Å². The van der Waals surface area contributed by atoms with Crippen LogP contribution in [0.15, 0.2) is 54.6 Å². The fourth-order valence-corrected chi connectivity index (χ4v) is 3.69. The molecule has 1 fully saturated rings. The van der Waals surface area contributed by atoms with Crippen molar-refractivity contribution < 1.29 is 9.18 Å². The normalized spacial score (nSPS) is 21.5. The Morgan fingerprint density at radius 3 is 2.65 bits per heavy atom. The molecule has 2 N–H and O–H groups in total. The summed E-state index contributed by atoms with van der Waals surface area (Å²) in [5, 5.41) is 0. The predicted octanol–water partition coefficient (Wildman–Crippen LogP) is 2.60. The first-order valence-corrected chi connectivity index (χ1v) is 8.99. The molecule has 0 bridgehead atoms. The summed E-state index contributed by atoms with van der Waals surface area (Å²) in [6.45, 7) is 3.78. The number of likely N-dealkylation sites (N-methyl/N-ethyl adjacent to an activating group) is 1. The smallest absolute Gasteiger partial charge is 0.239 e. The van der Waals surface area contributed by atoms with Crippen molar-refractivity contribution in [2.24, 2.45) is 5.73 Å². The van der Waals surface area contributed by atoms with Gasteiger partial charge in [0, 0.05) is 38.6 Å². The molecular weight excluding hydrogens is 329 g/mol. The highest BCUT2D eigenvalue weighted by atomic mass is 19.1. The number of amides is 1. The molecule has 0 radical (unpaired) electrons. The number of likely N-dealkylation sites (tertiary alicyclic amines) is 1. The molecule has 0 aliphatic carbocycles. The zero-order valence-electron chi connectivity index (χ0n) is 15.3. The maximum absolute atomic E-state index is 13.3. The second kappa shape index (κ2) is 7.98. The largest absolute Gasteiger partial charge is 0.340 e. The van der Waals surface area contributed by atoms with E-state index < -0.39 is 0 Å². The van der Waals surface area contributed by atoms with E-state index in [0.29, 0.717) is 13.1 Å². The summed E-state index contributed by atoms with van der Waals surface area (Å²) in [7, 11) is 1.76. The molecule has 0 aromatic heterocycles. The van der Waals surface area contributed by atoms with E-state index in [1.54, 1.807) is 18.0 Å². The molecule has 2 aromatic rings. The average Bonchev–Trinajstić information content (AvgIpc) is 3.03. The molecule has 3 atom stereocenters. The van der Waals surface area contributed by atoms with Crippen molar-refractivity contribution in [3.63, 3.8) is 0 Å². The molecule has 1 unspecified atom stereocenters. The summed E-state index contributed by atoms with van der Waals surface area (Å²) < 4.78 is 13.3. The van der Waals surface area contributed by atoms with Gasteiger partial charge in [0.1, 0.15) is 5.82 Å². The van der Waals surface area contributed by atoms with Crippen molar-refractivity contribution in [3.8, 4) is 0 Å². The second-order valence-electron chi connectivity index (χ2n) is 7.14. The van der Waals surface area contributed by atoms with E-state index in [1.165, 1.54) is 17.7 Å². The Bertz CT molecular complexity index is 752. The topological polar surface area (TPSA) is 49.6 Å². The van der Waals surface area contributed by atoms with Crippen LogP contribution in [0.4, 0.5) is 4.39 Å². The summed E-state index contributed by atoms with van der Waals surface area (Å²) in [5.74, 6) is -0.0252. The van der Waals surface area contributed by atoms with Gasteiger partial charge >= 0.3 is 0 Å². The molecule has 138 valence electrons. The zero-order chi connectivity index (χ0) is 18.7. The third-order valence-corrected chi connectivity index (χ3v) is 5.21. The van der Waals surface area contributed by atoms with Gasteiger partial charge in [0.2, 0.25) is 5.91 Å². The number of nitrogens with two attached hydrogens (primary N) is 1. The van der Waals surface area contributed by atoms with E-state index in [9.17, 15) is 9.18 Å². The third kappa shape index (κ3) is 4.11. The summed E-state index contributed by atoms with van der Waals surface area (Å²) in [6, 6.07) is 16.3. The maximum Gasteiger partial charge on any atom is 0.239 e. The van der Waals surface area contributed by atoms with Crippen LogP contribution in [-0.4, -0.2) is 47.9 Å². The molecule has 0 spiro atoms. The average molecular weight is 355 g/mol. The van der Waals surface area contributed by atoms with E-state index in [4.69, 9.17) is 5.73 Å². The van der Waals surface area contributed by atoms with Crippen molar-refractivity contribution >= 4 is 5.91 Å². The lowest BCUT2D eigenvalue weighted by Crippen LogP contribution is -2.45. The minimum Gasteiger partial charge on any atom is -0.340 e. The number of halogens is 1. The fourth-order valence-electron chi connectivity index (χ4n) is 3.69. The van der Waals surface area contributed by atoms with E-state index >= 15 is 0 Å². The van der Waals surface area contributed by atoms with Crippen LogP contribution < -0.4 is 5.73 Å². The summed E-state index contributed by atoms with van der Waals surface area (Å²) >= 11 is 0. The van der Waals surface area contributed by atoms with Gasteiger partial charge in [0.25, 0.3) is 0 Å². The van der Waals surface area contributed by atoms with Gasteiger partial charge in [-0.25, -0.2) is 4.39 Å². The van der Waals surface area contributed by atoms with Crippen molar-refractivity contribution in [2.75, 3.05) is 20.1 Å². The number of carbonyl (C=O) groups excluding carboxylic acids is 1. The quantitative estimate of drug-likeness (QED) is 0.897. The standard InChI is InChI=1S/C21H26FN3O/c1-15(21(26)24(2)12-16-7-6-10-18(22)11-16)25-13-19(20(23)14-25)17-8-4-3-5-9-17/h3-11,15,19-20H,12-14,23H2,1-2H3/t15?,19-,20+/m0/s1. The molecule has 4 nitrogen and oxygen atoms in total. The van der Waals surface area contributed by atoms with Crippen LogP contribution >= 0.6 is 0 Å². The minimum atomic E-state index is -0.285. The fraction of sp³-hybridized carbons (Fsp3) is 0.381. The third-order valence-electron chi connectivity index (χ3n) is 5.21. The highest BCUT2D eigenvalue weighted by Crippen LogP contribution is 2.28. The Hall–Kier alpha value is -2.24. The maximum atomic E-state index is 13.3. The van der Waals surface area contributed by atoms with Crippen LogP contribution in [0, 0.1) is 5.82 Å². The predicted molar refractivity (Wildman–Crippen MR) is 101 cm³/mol. The Morgan fingerprint density at radius 1 is 1.23 bits per heavy atom. The Balaban J connectivity index is 1.63. The van der Waals surface area contributed by atoms with Crippen molar-refractivity contribution in [2.45, 2.75) is 31.5 Å². The number of benzene rings is 2. The van der Waals surface area contributed by atoms with E-state index in [1.807, 2.05) is 31.2 Å². The molecule has 1 aliphatic heterocycles. The molecule has 1 heterocycles. The van der Waals surface area contributed by atoms with Crippen molar-refractivity contribution in [1.29, 1.82) is 0 Å². The monoisotopic (exact) mass is 355 g/mol. The van der Waals surface area contributed by atoms with E-state index in [0.717, 1.165) is 12.1 Å². The number of nitrogens with zero attached hydrogens (tertiary/aromatic N) is 2. The first-order chi connectivity index (χ1) is 12.5.